The largest absolute Gasteiger partial charge is 0.398 e. The number of hydrogen-bond acceptors (Lipinski definition) is 4. The number of nitrogens with one attached hydrogen (secondary N) is 1. The molecule has 19 heavy (non-hydrogen) atoms. The summed E-state index contributed by atoms with van der Waals surface area (Å²) < 4.78 is 27.1. The molecule has 5 nitrogen and oxygen atoms in total. The van der Waals surface area contributed by atoms with Crippen LogP contribution in [-0.2, 0) is 10.0 Å². The van der Waals surface area contributed by atoms with E-state index in [-0.39, 0.29) is 21.6 Å². The van der Waals surface area contributed by atoms with Crippen LogP contribution in [0, 0.1) is 0 Å². The molecular weight excluding hydrogens is 286 g/mol. The van der Waals surface area contributed by atoms with E-state index in [1.165, 1.54) is 12.1 Å². The number of hydrogen-bond donors (Lipinski definition) is 2. The Hall–Kier alpha value is -0.820. The van der Waals surface area contributed by atoms with E-state index in [1.807, 2.05) is 25.9 Å². The smallest absolute Gasteiger partial charge is 0.244 e. The first-order valence-corrected chi connectivity index (χ1v) is 7.81. The summed E-state index contributed by atoms with van der Waals surface area (Å²) in [4.78, 5) is 1.95. The number of sulfonamides is 1. The van der Waals surface area contributed by atoms with Gasteiger partial charge in [-0.1, -0.05) is 17.7 Å². The van der Waals surface area contributed by atoms with E-state index >= 15 is 0 Å². The second kappa shape index (κ2) is 6.56. The SMILES string of the molecule is CC(CCN(C)C)NS(=O)(=O)c1c(N)cccc1Cl. The van der Waals surface area contributed by atoms with E-state index in [2.05, 4.69) is 4.72 Å². The van der Waals surface area contributed by atoms with Gasteiger partial charge in [0.05, 0.1) is 10.7 Å². The van der Waals surface area contributed by atoms with Gasteiger partial charge in [0.1, 0.15) is 4.90 Å². The van der Waals surface area contributed by atoms with Crippen LogP contribution in [0.2, 0.25) is 5.02 Å². The second-order valence-electron chi connectivity index (χ2n) is 4.77. The van der Waals surface area contributed by atoms with Crippen molar-refractivity contribution in [3.8, 4) is 0 Å². The summed E-state index contributed by atoms with van der Waals surface area (Å²) in [5.74, 6) is 0. The van der Waals surface area contributed by atoms with Gasteiger partial charge in [-0.25, -0.2) is 13.1 Å². The van der Waals surface area contributed by atoms with Crippen LogP contribution < -0.4 is 10.5 Å². The Morgan fingerprint density at radius 1 is 1.42 bits per heavy atom. The van der Waals surface area contributed by atoms with Gasteiger partial charge in [0.25, 0.3) is 0 Å². The maximum atomic E-state index is 12.2. The summed E-state index contributed by atoms with van der Waals surface area (Å²) >= 11 is 5.92. The Bertz CT molecular complexity index is 512. The van der Waals surface area contributed by atoms with Crippen molar-refractivity contribution >= 4 is 27.3 Å². The lowest BCUT2D eigenvalue weighted by Gasteiger charge is -2.18. The third kappa shape index (κ3) is 4.65. The predicted octanol–water partition coefficient (Wildman–Crippen LogP) is 1.54. The van der Waals surface area contributed by atoms with E-state index in [1.54, 1.807) is 6.07 Å². The predicted molar refractivity (Wildman–Crippen MR) is 78.8 cm³/mol. The number of anilines is 1. The molecule has 0 aliphatic carbocycles. The molecule has 1 unspecified atom stereocenters. The summed E-state index contributed by atoms with van der Waals surface area (Å²) in [7, 11) is 0.181. The molecule has 7 heteroatoms. The second-order valence-corrected chi connectivity index (χ2v) is 6.83. The zero-order valence-electron chi connectivity index (χ0n) is 11.4. The molecule has 1 atom stereocenters. The first kappa shape index (κ1) is 16.2. The molecule has 0 spiro atoms. The molecule has 0 saturated heterocycles. The summed E-state index contributed by atoms with van der Waals surface area (Å²) in [5, 5.41) is 0.132. The average molecular weight is 306 g/mol. The third-order valence-corrected chi connectivity index (χ3v) is 4.76. The summed E-state index contributed by atoms with van der Waals surface area (Å²) in [5.41, 5.74) is 5.85. The normalized spacial score (nSPS) is 13.7. The standard InChI is InChI=1S/C12H20ClN3O2S/c1-9(7-8-16(2)3)15-19(17,18)12-10(13)5-4-6-11(12)14/h4-6,9,15H,7-8,14H2,1-3H3. The Kier molecular flexibility index (Phi) is 5.61. The van der Waals surface area contributed by atoms with Gasteiger partial charge >= 0.3 is 0 Å². The molecule has 3 N–H and O–H groups in total. The van der Waals surface area contributed by atoms with Crippen LogP contribution in [0.3, 0.4) is 0 Å². The number of rotatable bonds is 6. The average Bonchev–Trinajstić information content (AvgIpc) is 2.25. The summed E-state index contributed by atoms with van der Waals surface area (Å²) in [6.45, 7) is 2.61. The zero-order chi connectivity index (χ0) is 14.6. The summed E-state index contributed by atoms with van der Waals surface area (Å²) in [6.07, 6.45) is 0.705. The van der Waals surface area contributed by atoms with Gasteiger partial charge in [-0.2, -0.15) is 0 Å². The summed E-state index contributed by atoms with van der Waals surface area (Å²) in [6, 6.07) is 4.46. The third-order valence-electron chi connectivity index (χ3n) is 2.63. The number of nitrogens with zero attached hydrogens (tertiary/aromatic N) is 1. The molecule has 0 aliphatic rings. The van der Waals surface area contributed by atoms with Crippen molar-refractivity contribution < 1.29 is 8.42 Å². The van der Waals surface area contributed by atoms with E-state index in [0.29, 0.717) is 6.42 Å². The minimum Gasteiger partial charge on any atom is -0.398 e. The highest BCUT2D eigenvalue weighted by molar-refractivity contribution is 7.89. The monoisotopic (exact) mass is 305 g/mol. The Balaban J connectivity index is 2.87. The minimum atomic E-state index is -3.69. The van der Waals surface area contributed by atoms with Crippen molar-refractivity contribution in [1.29, 1.82) is 0 Å². The highest BCUT2D eigenvalue weighted by Gasteiger charge is 2.22. The fourth-order valence-corrected chi connectivity index (χ4v) is 3.60. The highest BCUT2D eigenvalue weighted by Crippen LogP contribution is 2.27. The fraction of sp³-hybridized carbons (Fsp3) is 0.500. The number of halogens is 1. The van der Waals surface area contributed by atoms with E-state index in [4.69, 9.17) is 17.3 Å². The molecule has 0 aromatic heterocycles. The van der Waals surface area contributed by atoms with Crippen LogP contribution >= 0.6 is 11.6 Å². The Labute approximate surface area is 119 Å². The molecule has 0 heterocycles. The fourth-order valence-electron chi connectivity index (χ4n) is 1.64. The number of benzene rings is 1. The van der Waals surface area contributed by atoms with E-state index < -0.39 is 10.0 Å². The highest BCUT2D eigenvalue weighted by atomic mass is 35.5. The van der Waals surface area contributed by atoms with Crippen molar-refractivity contribution in [3.05, 3.63) is 23.2 Å². The zero-order valence-corrected chi connectivity index (χ0v) is 12.9. The molecule has 1 aromatic carbocycles. The lowest BCUT2D eigenvalue weighted by molar-refractivity contribution is 0.379. The number of nitrogens with two attached hydrogens (primary N) is 1. The topological polar surface area (TPSA) is 75.4 Å². The van der Waals surface area contributed by atoms with Gasteiger partial charge in [0.2, 0.25) is 10.0 Å². The lowest BCUT2D eigenvalue weighted by atomic mass is 10.2. The van der Waals surface area contributed by atoms with Crippen LogP contribution in [0.25, 0.3) is 0 Å². The molecule has 108 valence electrons. The van der Waals surface area contributed by atoms with Gasteiger partial charge in [-0.3, -0.25) is 0 Å². The maximum absolute atomic E-state index is 12.2. The van der Waals surface area contributed by atoms with Crippen LogP contribution in [-0.4, -0.2) is 40.0 Å². The molecule has 0 saturated carbocycles. The van der Waals surface area contributed by atoms with Crippen molar-refractivity contribution in [2.75, 3.05) is 26.4 Å². The van der Waals surface area contributed by atoms with Crippen LogP contribution in [0.5, 0.6) is 0 Å². The van der Waals surface area contributed by atoms with Crippen molar-refractivity contribution in [2.24, 2.45) is 0 Å². The van der Waals surface area contributed by atoms with Crippen LogP contribution in [0.4, 0.5) is 5.69 Å². The maximum Gasteiger partial charge on any atom is 0.244 e. The van der Waals surface area contributed by atoms with E-state index in [9.17, 15) is 8.42 Å². The van der Waals surface area contributed by atoms with Crippen molar-refractivity contribution in [1.82, 2.24) is 9.62 Å². The first-order valence-electron chi connectivity index (χ1n) is 5.95. The van der Waals surface area contributed by atoms with Crippen molar-refractivity contribution in [3.63, 3.8) is 0 Å². The molecule has 0 radical (unpaired) electrons. The molecule has 0 aliphatic heterocycles. The first-order chi connectivity index (χ1) is 8.74. The molecule has 0 fully saturated rings. The molecule has 0 amide bonds. The Morgan fingerprint density at radius 2 is 2.05 bits per heavy atom. The van der Waals surface area contributed by atoms with Gasteiger partial charge in [0.15, 0.2) is 0 Å². The molecule has 1 aromatic rings. The molecule has 1 rings (SSSR count). The van der Waals surface area contributed by atoms with Crippen LogP contribution in [0.1, 0.15) is 13.3 Å². The van der Waals surface area contributed by atoms with E-state index in [0.717, 1.165) is 6.54 Å². The minimum absolute atomic E-state index is 0.0478. The van der Waals surface area contributed by atoms with Crippen LogP contribution in [0.15, 0.2) is 23.1 Å². The number of nitrogen functional groups attached to an aromatic ring is 1. The van der Waals surface area contributed by atoms with Gasteiger partial charge in [-0.15, -0.1) is 0 Å². The molecular formula is C12H20ClN3O2S. The van der Waals surface area contributed by atoms with Gasteiger partial charge in [-0.05, 0) is 46.1 Å². The molecule has 0 bridgehead atoms. The lowest BCUT2D eigenvalue weighted by Crippen LogP contribution is -2.35. The Morgan fingerprint density at radius 3 is 2.58 bits per heavy atom. The van der Waals surface area contributed by atoms with Crippen molar-refractivity contribution in [2.45, 2.75) is 24.3 Å². The quantitative estimate of drug-likeness (QED) is 0.782. The van der Waals surface area contributed by atoms with Gasteiger partial charge in [0, 0.05) is 6.04 Å². The van der Waals surface area contributed by atoms with Gasteiger partial charge < -0.3 is 10.6 Å².